The van der Waals surface area contributed by atoms with E-state index in [0.29, 0.717) is 6.54 Å². The number of hydrogen-bond acceptors (Lipinski definition) is 2. The van der Waals surface area contributed by atoms with E-state index in [-0.39, 0.29) is 5.78 Å². The molecular weight excluding hydrogens is 212 g/mol. The molecule has 0 spiro atoms. The number of nitrogens with zero attached hydrogens (tertiary/aromatic N) is 2. The number of carbonyl (C=O) groups is 1. The summed E-state index contributed by atoms with van der Waals surface area (Å²) >= 11 is 0. The van der Waals surface area contributed by atoms with Crippen LogP contribution in [0.15, 0.2) is 42.9 Å². The Kier molecular flexibility index (Phi) is 3.28. The fourth-order valence-corrected chi connectivity index (χ4v) is 1.61. The maximum atomic E-state index is 12.0. The summed E-state index contributed by atoms with van der Waals surface area (Å²) in [7, 11) is 0. The fraction of sp³-hybridized carbons (Fsp3) is 0.214. The topological polar surface area (TPSA) is 33.8 Å². The number of ketones is 1. The van der Waals surface area contributed by atoms with Crippen LogP contribution in [0.2, 0.25) is 0 Å². The lowest BCUT2D eigenvalue weighted by Crippen LogP contribution is -2.38. The Morgan fingerprint density at radius 3 is 2.59 bits per heavy atom. The summed E-state index contributed by atoms with van der Waals surface area (Å²) in [5, 5.41) is 0. The monoisotopic (exact) mass is 227 g/mol. The quantitative estimate of drug-likeness (QED) is 0.592. The lowest BCUT2D eigenvalue weighted by Gasteiger charge is -2.01. The van der Waals surface area contributed by atoms with E-state index in [1.807, 2.05) is 54.9 Å². The van der Waals surface area contributed by atoms with Gasteiger partial charge in [-0.3, -0.25) is 4.79 Å². The van der Waals surface area contributed by atoms with Crippen molar-refractivity contribution in [3.05, 3.63) is 59.7 Å². The average molecular weight is 227 g/mol. The first kappa shape index (κ1) is 11.5. The molecule has 3 nitrogen and oxygen atoms in total. The van der Waals surface area contributed by atoms with E-state index in [1.54, 1.807) is 6.33 Å². The Hall–Kier alpha value is -2.03. The third-order valence-electron chi connectivity index (χ3n) is 2.75. The SMILES string of the molecule is Cc1c[n+](CC(=O)c2ccccc2)cnc1C. The lowest BCUT2D eigenvalue weighted by molar-refractivity contribution is -0.686. The van der Waals surface area contributed by atoms with Crippen molar-refractivity contribution in [2.24, 2.45) is 0 Å². The third-order valence-corrected chi connectivity index (χ3v) is 2.75. The second-order valence-electron chi connectivity index (χ2n) is 4.10. The van der Waals surface area contributed by atoms with Crippen molar-refractivity contribution in [2.75, 3.05) is 0 Å². The average Bonchev–Trinajstić information content (AvgIpc) is 2.35. The van der Waals surface area contributed by atoms with E-state index in [2.05, 4.69) is 4.98 Å². The Morgan fingerprint density at radius 2 is 1.94 bits per heavy atom. The standard InChI is InChI=1S/C14H15N2O/c1-11-8-16(10-15-12(11)2)9-14(17)13-6-4-3-5-7-13/h3-8,10H,9H2,1-2H3/q+1. The Bertz CT molecular complexity index is 535. The molecule has 3 heteroatoms. The molecule has 0 fully saturated rings. The predicted molar refractivity (Wildman–Crippen MR) is 64.7 cm³/mol. The van der Waals surface area contributed by atoms with Gasteiger partial charge in [-0.2, -0.15) is 0 Å². The fourth-order valence-electron chi connectivity index (χ4n) is 1.61. The number of Topliss-reactive ketones (excluding diaryl/α,β-unsaturated/α-hetero) is 1. The van der Waals surface area contributed by atoms with Gasteiger partial charge < -0.3 is 0 Å². The molecule has 0 amide bonds. The van der Waals surface area contributed by atoms with Crippen LogP contribution in [-0.4, -0.2) is 10.8 Å². The van der Waals surface area contributed by atoms with Crippen LogP contribution >= 0.6 is 0 Å². The number of carbonyl (C=O) groups excluding carboxylic acids is 1. The molecule has 0 saturated heterocycles. The largest absolute Gasteiger partial charge is 0.290 e. The van der Waals surface area contributed by atoms with E-state index >= 15 is 0 Å². The zero-order valence-electron chi connectivity index (χ0n) is 10.1. The van der Waals surface area contributed by atoms with E-state index in [9.17, 15) is 4.79 Å². The number of hydrogen-bond donors (Lipinski definition) is 0. The van der Waals surface area contributed by atoms with Gasteiger partial charge >= 0.3 is 0 Å². The second-order valence-corrected chi connectivity index (χ2v) is 4.10. The van der Waals surface area contributed by atoms with Gasteiger partial charge in [-0.1, -0.05) is 35.3 Å². The number of rotatable bonds is 3. The van der Waals surface area contributed by atoms with Gasteiger partial charge in [0, 0.05) is 18.1 Å². The number of aromatic nitrogens is 2. The molecule has 1 aromatic heterocycles. The summed E-state index contributed by atoms with van der Waals surface area (Å²) in [4.78, 5) is 16.2. The Balaban J connectivity index is 2.16. The predicted octanol–water partition coefficient (Wildman–Crippen LogP) is 1.87. The first-order chi connectivity index (χ1) is 8.16. The maximum Gasteiger partial charge on any atom is 0.286 e. The van der Waals surface area contributed by atoms with Crippen molar-refractivity contribution in [1.82, 2.24) is 4.98 Å². The third kappa shape index (κ3) is 2.75. The minimum atomic E-state index is 0.0978. The van der Waals surface area contributed by atoms with Gasteiger partial charge in [0.25, 0.3) is 6.33 Å². The minimum absolute atomic E-state index is 0.0978. The molecule has 0 bridgehead atoms. The molecule has 0 N–H and O–H groups in total. The summed E-state index contributed by atoms with van der Waals surface area (Å²) in [5.41, 5.74) is 2.82. The highest BCUT2D eigenvalue weighted by Gasteiger charge is 2.10. The molecule has 0 aliphatic heterocycles. The lowest BCUT2D eigenvalue weighted by atomic mass is 10.1. The summed E-state index contributed by atoms with van der Waals surface area (Å²) < 4.78 is 1.82. The van der Waals surface area contributed by atoms with Gasteiger partial charge in [-0.25, -0.2) is 4.57 Å². The van der Waals surface area contributed by atoms with Crippen LogP contribution in [0, 0.1) is 13.8 Å². The van der Waals surface area contributed by atoms with Gasteiger partial charge in [0.2, 0.25) is 5.78 Å². The summed E-state index contributed by atoms with van der Waals surface area (Å²) in [6.07, 6.45) is 3.65. The van der Waals surface area contributed by atoms with Crippen LogP contribution in [0.25, 0.3) is 0 Å². The van der Waals surface area contributed by atoms with E-state index in [1.165, 1.54) is 0 Å². The minimum Gasteiger partial charge on any atom is -0.290 e. The summed E-state index contributed by atoms with van der Waals surface area (Å²) in [6, 6.07) is 9.31. The highest BCUT2D eigenvalue weighted by Crippen LogP contribution is 2.01. The second kappa shape index (κ2) is 4.87. The zero-order chi connectivity index (χ0) is 12.3. The van der Waals surface area contributed by atoms with Crippen molar-refractivity contribution < 1.29 is 9.36 Å². The molecule has 0 saturated carbocycles. The molecule has 1 aromatic carbocycles. The van der Waals surface area contributed by atoms with E-state index in [0.717, 1.165) is 16.8 Å². The number of aryl methyl sites for hydroxylation is 2. The molecule has 17 heavy (non-hydrogen) atoms. The van der Waals surface area contributed by atoms with E-state index in [4.69, 9.17) is 0 Å². The Morgan fingerprint density at radius 1 is 1.24 bits per heavy atom. The molecule has 0 atom stereocenters. The molecule has 0 aliphatic carbocycles. The van der Waals surface area contributed by atoms with Gasteiger partial charge in [-0.05, 0) is 6.92 Å². The normalized spacial score (nSPS) is 10.2. The van der Waals surface area contributed by atoms with Crippen molar-refractivity contribution in [3.8, 4) is 0 Å². The van der Waals surface area contributed by atoms with Crippen molar-refractivity contribution >= 4 is 5.78 Å². The molecular formula is C14H15N2O+. The molecule has 2 aromatic rings. The van der Waals surface area contributed by atoms with Crippen LogP contribution < -0.4 is 4.57 Å². The number of benzene rings is 1. The van der Waals surface area contributed by atoms with Crippen molar-refractivity contribution in [2.45, 2.75) is 20.4 Å². The van der Waals surface area contributed by atoms with Crippen molar-refractivity contribution in [1.29, 1.82) is 0 Å². The zero-order valence-corrected chi connectivity index (χ0v) is 10.1. The first-order valence-corrected chi connectivity index (χ1v) is 5.57. The highest BCUT2D eigenvalue weighted by molar-refractivity contribution is 5.94. The first-order valence-electron chi connectivity index (χ1n) is 5.57. The van der Waals surface area contributed by atoms with E-state index < -0.39 is 0 Å². The van der Waals surface area contributed by atoms with Crippen LogP contribution in [0.1, 0.15) is 21.6 Å². The molecule has 0 unspecified atom stereocenters. The van der Waals surface area contributed by atoms with Gasteiger partial charge in [-0.15, -0.1) is 0 Å². The van der Waals surface area contributed by atoms with Crippen LogP contribution in [0.5, 0.6) is 0 Å². The molecule has 0 aliphatic rings. The van der Waals surface area contributed by atoms with Crippen molar-refractivity contribution in [3.63, 3.8) is 0 Å². The summed E-state index contributed by atoms with van der Waals surface area (Å²) in [5.74, 6) is 0.0978. The van der Waals surface area contributed by atoms with Gasteiger partial charge in [0.15, 0.2) is 12.2 Å². The van der Waals surface area contributed by atoms with Gasteiger partial charge in [0.05, 0.1) is 6.20 Å². The molecule has 0 radical (unpaired) electrons. The Labute approximate surface area is 101 Å². The molecule has 86 valence electrons. The van der Waals surface area contributed by atoms with Crippen LogP contribution in [0.4, 0.5) is 0 Å². The molecule has 2 rings (SSSR count). The smallest absolute Gasteiger partial charge is 0.286 e. The summed E-state index contributed by atoms with van der Waals surface area (Å²) in [6.45, 7) is 4.28. The molecule has 1 heterocycles. The van der Waals surface area contributed by atoms with Gasteiger partial charge in [0.1, 0.15) is 0 Å². The highest BCUT2D eigenvalue weighted by atomic mass is 16.1. The maximum absolute atomic E-state index is 12.0. The van der Waals surface area contributed by atoms with Crippen LogP contribution in [0.3, 0.4) is 0 Å². The van der Waals surface area contributed by atoms with Crippen LogP contribution in [-0.2, 0) is 6.54 Å².